The number of hydrogen-bond donors (Lipinski definition) is 3. The summed E-state index contributed by atoms with van der Waals surface area (Å²) in [4.78, 5) is 3.11. The van der Waals surface area contributed by atoms with Crippen LogP contribution in [0.25, 0.3) is 10.8 Å². The van der Waals surface area contributed by atoms with Crippen molar-refractivity contribution in [2.75, 3.05) is 39.3 Å². The molecule has 0 aliphatic carbocycles. The topological polar surface area (TPSA) is 38.3 Å². The first kappa shape index (κ1) is 18.9. The molecule has 1 atom stereocenters. The van der Waals surface area contributed by atoms with Crippen LogP contribution in [-0.4, -0.2) is 50.5 Å². The number of rotatable bonds is 7. The van der Waals surface area contributed by atoms with E-state index < -0.39 is 6.10 Å². The van der Waals surface area contributed by atoms with E-state index in [0.717, 1.165) is 50.4 Å². The molecule has 1 aliphatic rings. The number of quaternary nitrogens is 2. The first-order valence-electron chi connectivity index (χ1n) is 10.3. The number of hydrogen-bond acceptors (Lipinski definition) is 2. The van der Waals surface area contributed by atoms with Crippen LogP contribution < -0.4 is 14.5 Å². The van der Waals surface area contributed by atoms with Gasteiger partial charge in [0.2, 0.25) is 0 Å². The van der Waals surface area contributed by atoms with Crippen molar-refractivity contribution < 1.29 is 19.6 Å². The normalized spacial score (nSPS) is 20.8. The van der Waals surface area contributed by atoms with Gasteiger partial charge in [-0.2, -0.15) is 0 Å². The molecule has 4 rings (SSSR count). The maximum atomic E-state index is 10.4. The summed E-state index contributed by atoms with van der Waals surface area (Å²) >= 11 is 0. The average molecular weight is 379 g/mol. The molecule has 3 N–H and O–H groups in total. The van der Waals surface area contributed by atoms with Gasteiger partial charge in [0.1, 0.15) is 57.7 Å². The maximum absolute atomic E-state index is 10.4. The Bertz CT molecular complexity index is 876. The van der Waals surface area contributed by atoms with Gasteiger partial charge in [-0.05, 0) is 22.9 Å². The third-order valence-electron chi connectivity index (χ3n) is 5.65. The minimum absolute atomic E-state index is 0.350. The number of piperazine rings is 1. The number of aliphatic hydroxyl groups is 1. The molecule has 1 heterocycles. The highest BCUT2D eigenvalue weighted by Crippen LogP contribution is 2.20. The van der Waals surface area contributed by atoms with Crippen molar-refractivity contribution in [2.45, 2.75) is 12.6 Å². The molecule has 0 amide bonds. The van der Waals surface area contributed by atoms with Gasteiger partial charge >= 0.3 is 0 Å². The smallest absolute Gasteiger partial charge is 0.137 e. The van der Waals surface area contributed by atoms with E-state index in [9.17, 15) is 5.11 Å². The highest BCUT2D eigenvalue weighted by Gasteiger charge is 2.25. The Morgan fingerprint density at radius 2 is 1.46 bits per heavy atom. The number of aliphatic hydroxyl groups excluding tert-OH is 1. The van der Waals surface area contributed by atoms with E-state index in [0.29, 0.717) is 6.61 Å². The van der Waals surface area contributed by atoms with Gasteiger partial charge in [0.05, 0.1) is 0 Å². The van der Waals surface area contributed by atoms with Crippen molar-refractivity contribution in [1.82, 2.24) is 0 Å². The van der Waals surface area contributed by atoms with Gasteiger partial charge in [0, 0.05) is 5.56 Å². The molecule has 28 heavy (non-hydrogen) atoms. The molecule has 146 valence electrons. The second-order valence-corrected chi connectivity index (χ2v) is 7.84. The van der Waals surface area contributed by atoms with Gasteiger partial charge in [-0.15, -0.1) is 0 Å². The summed E-state index contributed by atoms with van der Waals surface area (Å²) in [6.07, 6.45) is -0.433. The molecule has 0 aromatic heterocycles. The lowest BCUT2D eigenvalue weighted by Crippen LogP contribution is -3.28. The molecule has 1 saturated heterocycles. The second-order valence-electron chi connectivity index (χ2n) is 7.84. The average Bonchev–Trinajstić information content (AvgIpc) is 2.74. The summed E-state index contributed by atoms with van der Waals surface area (Å²) < 4.78 is 5.85. The lowest BCUT2D eigenvalue weighted by atomic mass is 10.1. The van der Waals surface area contributed by atoms with Crippen molar-refractivity contribution in [3.63, 3.8) is 0 Å². The van der Waals surface area contributed by atoms with E-state index in [1.165, 1.54) is 15.8 Å². The van der Waals surface area contributed by atoms with E-state index in [-0.39, 0.29) is 0 Å². The van der Waals surface area contributed by atoms with Crippen LogP contribution in [0, 0.1) is 0 Å². The third-order valence-corrected chi connectivity index (χ3v) is 5.65. The maximum Gasteiger partial charge on any atom is 0.137 e. The van der Waals surface area contributed by atoms with Crippen molar-refractivity contribution in [2.24, 2.45) is 0 Å². The van der Waals surface area contributed by atoms with E-state index in [1.54, 1.807) is 4.90 Å². The standard InChI is InChI=1S/C24H28N2O2/c27-23(19-28-24-11-10-21-8-4-5-9-22(21)16-24)18-26-14-12-25(13-15-26)17-20-6-2-1-3-7-20/h1-11,16,23,27H,12-15,17-19H2/p+2/t23-/m0/s1. The largest absolute Gasteiger partial charge is 0.491 e. The van der Waals surface area contributed by atoms with Crippen LogP contribution >= 0.6 is 0 Å². The van der Waals surface area contributed by atoms with E-state index in [4.69, 9.17) is 4.74 Å². The van der Waals surface area contributed by atoms with Gasteiger partial charge in [-0.25, -0.2) is 0 Å². The molecule has 0 bridgehead atoms. The van der Waals surface area contributed by atoms with Crippen LogP contribution in [-0.2, 0) is 6.54 Å². The predicted molar refractivity (Wildman–Crippen MR) is 112 cm³/mol. The number of ether oxygens (including phenoxy) is 1. The fourth-order valence-electron chi connectivity index (χ4n) is 4.06. The SMILES string of the molecule is O[C@H](COc1ccc2ccccc2c1)C[NH+]1CC[NH+](Cc2ccccc2)CC1. The zero-order chi connectivity index (χ0) is 19.2. The first-order valence-corrected chi connectivity index (χ1v) is 10.3. The molecule has 0 unspecified atom stereocenters. The summed E-state index contributed by atoms with van der Waals surface area (Å²) in [5, 5.41) is 12.8. The molecule has 0 radical (unpaired) electrons. The molecule has 4 nitrogen and oxygen atoms in total. The van der Waals surface area contributed by atoms with E-state index >= 15 is 0 Å². The second kappa shape index (κ2) is 9.20. The fraction of sp³-hybridized carbons (Fsp3) is 0.333. The molecule has 3 aromatic carbocycles. The van der Waals surface area contributed by atoms with Gasteiger partial charge < -0.3 is 19.6 Å². The van der Waals surface area contributed by atoms with Crippen LogP contribution in [0.3, 0.4) is 0 Å². The Kier molecular flexibility index (Phi) is 6.22. The third kappa shape index (κ3) is 5.10. The summed E-state index contributed by atoms with van der Waals surface area (Å²) in [6, 6.07) is 25.1. The minimum atomic E-state index is -0.433. The summed E-state index contributed by atoms with van der Waals surface area (Å²) in [6.45, 7) is 6.73. The van der Waals surface area contributed by atoms with Gasteiger partial charge in [-0.3, -0.25) is 0 Å². The monoisotopic (exact) mass is 378 g/mol. The zero-order valence-electron chi connectivity index (χ0n) is 16.3. The fourth-order valence-corrected chi connectivity index (χ4v) is 4.06. The Labute approximate surface area is 167 Å². The van der Waals surface area contributed by atoms with Crippen LogP contribution in [0.2, 0.25) is 0 Å². The quantitative estimate of drug-likeness (QED) is 0.562. The number of fused-ring (bicyclic) bond motifs is 1. The van der Waals surface area contributed by atoms with Crippen molar-refractivity contribution >= 4 is 10.8 Å². The molecule has 1 fully saturated rings. The van der Waals surface area contributed by atoms with E-state index in [2.05, 4.69) is 48.5 Å². The van der Waals surface area contributed by atoms with Gasteiger partial charge in [0.15, 0.2) is 0 Å². The van der Waals surface area contributed by atoms with Crippen LogP contribution in [0.15, 0.2) is 72.8 Å². The lowest BCUT2D eigenvalue weighted by Gasteiger charge is -2.30. The predicted octanol–water partition coefficient (Wildman–Crippen LogP) is 0.563. The van der Waals surface area contributed by atoms with Crippen molar-refractivity contribution in [3.8, 4) is 5.75 Å². The molecular weight excluding hydrogens is 348 g/mol. The zero-order valence-corrected chi connectivity index (χ0v) is 16.3. The van der Waals surface area contributed by atoms with Crippen LogP contribution in [0.4, 0.5) is 0 Å². The van der Waals surface area contributed by atoms with Gasteiger partial charge in [0.25, 0.3) is 0 Å². The Morgan fingerprint density at radius 1 is 0.786 bits per heavy atom. The molecular formula is C24H30N2O2+2. The summed E-state index contributed by atoms with van der Waals surface area (Å²) in [5.41, 5.74) is 1.41. The number of benzene rings is 3. The minimum Gasteiger partial charge on any atom is -0.491 e. The summed E-state index contributed by atoms with van der Waals surface area (Å²) in [5.74, 6) is 0.824. The Morgan fingerprint density at radius 3 is 2.25 bits per heavy atom. The van der Waals surface area contributed by atoms with Crippen molar-refractivity contribution in [1.29, 1.82) is 0 Å². The molecule has 4 heteroatoms. The number of nitrogens with one attached hydrogen (secondary N) is 2. The lowest BCUT2D eigenvalue weighted by molar-refractivity contribution is -1.02. The van der Waals surface area contributed by atoms with E-state index in [1.807, 2.05) is 24.3 Å². The molecule has 0 saturated carbocycles. The molecule has 3 aromatic rings. The Hall–Kier alpha value is -2.40. The van der Waals surface area contributed by atoms with Crippen molar-refractivity contribution in [3.05, 3.63) is 78.4 Å². The van der Waals surface area contributed by atoms with Gasteiger partial charge in [-0.1, -0.05) is 60.7 Å². The highest BCUT2D eigenvalue weighted by molar-refractivity contribution is 5.83. The molecule has 0 spiro atoms. The first-order chi connectivity index (χ1) is 13.8. The summed E-state index contributed by atoms with van der Waals surface area (Å²) in [7, 11) is 0. The highest BCUT2D eigenvalue weighted by atomic mass is 16.5. The van der Waals surface area contributed by atoms with Crippen LogP contribution in [0.1, 0.15) is 5.56 Å². The van der Waals surface area contributed by atoms with Crippen LogP contribution in [0.5, 0.6) is 5.75 Å². The molecule has 1 aliphatic heterocycles. The Balaban J connectivity index is 1.20.